The van der Waals surface area contributed by atoms with Gasteiger partial charge in [-0.05, 0) is 73.0 Å². The first-order valence-electron chi connectivity index (χ1n) is 15.7. The molecule has 4 aliphatic rings. The van der Waals surface area contributed by atoms with E-state index in [1.165, 1.54) is 30.5 Å². The Morgan fingerprint density at radius 3 is 2.64 bits per heavy atom. The molecule has 3 fully saturated rings. The number of anilines is 1. The van der Waals surface area contributed by atoms with E-state index in [2.05, 4.69) is 38.2 Å². The van der Waals surface area contributed by atoms with Gasteiger partial charge in [0, 0.05) is 42.1 Å². The Bertz CT molecular complexity index is 1500. The number of aliphatic hydroxyl groups is 2. The Morgan fingerprint density at radius 2 is 1.91 bits per heavy atom. The van der Waals surface area contributed by atoms with Gasteiger partial charge in [0.2, 0.25) is 0 Å². The zero-order valence-corrected chi connectivity index (χ0v) is 25.4. The summed E-state index contributed by atoms with van der Waals surface area (Å²) in [7, 11) is 0. The molecule has 7 nitrogen and oxygen atoms in total. The lowest BCUT2D eigenvalue weighted by atomic mass is 9.59. The summed E-state index contributed by atoms with van der Waals surface area (Å²) in [5.74, 6) is 1.70. The first kappa shape index (κ1) is 31.3. The molecule has 2 saturated carbocycles. The van der Waals surface area contributed by atoms with E-state index >= 15 is 0 Å². The molecule has 3 aliphatic carbocycles. The second kappa shape index (κ2) is 11.9. The molecular weight excluding hydrogens is 575 g/mol. The third-order valence-electron chi connectivity index (χ3n) is 10.5. The molecule has 240 valence electrons. The van der Waals surface area contributed by atoms with Crippen molar-refractivity contribution in [1.29, 1.82) is 0 Å². The number of allylic oxidation sites excluding steroid dienone is 2. The van der Waals surface area contributed by atoms with Gasteiger partial charge in [0.15, 0.2) is 6.29 Å². The smallest absolute Gasteiger partial charge is 0.417 e. The fourth-order valence-corrected chi connectivity index (χ4v) is 8.25. The average Bonchev–Trinajstić information content (AvgIpc) is 3.22. The molecule has 44 heavy (non-hydrogen) atoms. The molecule has 1 aromatic carbocycles. The second-order valence-corrected chi connectivity index (χ2v) is 13.8. The van der Waals surface area contributed by atoms with E-state index < -0.39 is 35.9 Å². The molecule has 2 aromatic rings. The zero-order valence-electron chi connectivity index (χ0n) is 25.4. The highest BCUT2D eigenvalue weighted by Gasteiger charge is 2.53. The van der Waals surface area contributed by atoms with Crippen LogP contribution in [0, 0.1) is 29.1 Å². The molecule has 0 amide bonds. The number of aliphatic hydroxyl groups excluding tert-OH is 2. The summed E-state index contributed by atoms with van der Waals surface area (Å²) in [5.41, 5.74) is 0.977. The van der Waals surface area contributed by atoms with E-state index in [0.29, 0.717) is 42.5 Å². The van der Waals surface area contributed by atoms with Crippen LogP contribution in [0.1, 0.15) is 64.9 Å². The lowest BCUT2D eigenvalue weighted by molar-refractivity contribution is -0.258. The van der Waals surface area contributed by atoms with Gasteiger partial charge in [0.25, 0.3) is 0 Å². The quantitative estimate of drug-likeness (QED) is 0.321. The number of nitrogens with one attached hydrogen (secondary N) is 1. The molecule has 6 rings (SSSR count). The van der Waals surface area contributed by atoms with Crippen molar-refractivity contribution in [1.82, 2.24) is 0 Å². The van der Waals surface area contributed by atoms with E-state index in [1.807, 2.05) is 0 Å². The Labute approximate surface area is 255 Å². The van der Waals surface area contributed by atoms with Crippen LogP contribution in [0.3, 0.4) is 0 Å². The first-order chi connectivity index (χ1) is 20.8. The van der Waals surface area contributed by atoms with Gasteiger partial charge in [0.1, 0.15) is 11.7 Å². The Kier molecular flexibility index (Phi) is 8.49. The van der Waals surface area contributed by atoms with Crippen molar-refractivity contribution in [2.45, 2.75) is 90.1 Å². The van der Waals surface area contributed by atoms with Crippen LogP contribution < -0.4 is 10.9 Å². The minimum absolute atomic E-state index is 0.107. The molecule has 0 spiro atoms. The number of ether oxygens (including phenoxy) is 2. The van der Waals surface area contributed by atoms with Crippen molar-refractivity contribution in [2.75, 3.05) is 18.5 Å². The van der Waals surface area contributed by atoms with E-state index in [4.69, 9.17) is 13.9 Å². The largest absolute Gasteiger partial charge is 0.423 e. The third kappa shape index (κ3) is 6.10. The molecule has 8 atom stereocenters. The van der Waals surface area contributed by atoms with Crippen LogP contribution in [0.5, 0.6) is 0 Å². The number of benzene rings is 1. The molecule has 7 unspecified atom stereocenters. The summed E-state index contributed by atoms with van der Waals surface area (Å²) in [6, 6.07) is 4.77. The van der Waals surface area contributed by atoms with Crippen LogP contribution in [0.4, 0.5) is 18.9 Å². The molecule has 0 radical (unpaired) electrons. The summed E-state index contributed by atoms with van der Waals surface area (Å²) < 4.78 is 58.0. The van der Waals surface area contributed by atoms with Crippen molar-refractivity contribution in [3.05, 3.63) is 63.5 Å². The van der Waals surface area contributed by atoms with Crippen molar-refractivity contribution in [3.63, 3.8) is 0 Å². The zero-order chi connectivity index (χ0) is 31.4. The van der Waals surface area contributed by atoms with Gasteiger partial charge >= 0.3 is 11.8 Å². The second-order valence-electron chi connectivity index (χ2n) is 13.8. The van der Waals surface area contributed by atoms with E-state index in [9.17, 15) is 28.2 Å². The summed E-state index contributed by atoms with van der Waals surface area (Å²) in [5, 5.41) is 23.8. The van der Waals surface area contributed by atoms with Gasteiger partial charge in [-0.1, -0.05) is 38.5 Å². The minimum Gasteiger partial charge on any atom is -0.423 e. The van der Waals surface area contributed by atoms with Crippen molar-refractivity contribution < 1.29 is 37.3 Å². The maximum Gasteiger partial charge on any atom is 0.417 e. The Hall–Kier alpha value is -2.66. The number of alkyl halides is 3. The summed E-state index contributed by atoms with van der Waals surface area (Å²) in [6.45, 7) is 7.53. The highest BCUT2D eigenvalue weighted by Crippen LogP contribution is 2.61. The number of hydrogen-bond donors (Lipinski definition) is 3. The summed E-state index contributed by atoms with van der Waals surface area (Å²) in [6.07, 6.45) is 2.23. The van der Waals surface area contributed by atoms with Crippen molar-refractivity contribution in [2.24, 2.45) is 29.1 Å². The van der Waals surface area contributed by atoms with E-state index in [-0.39, 0.29) is 41.4 Å². The summed E-state index contributed by atoms with van der Waals surface area (Å²) in [4.78, 5) is 11.9. The van der Waals surface area contributed by atoms with Crippen LogP contribution >= 0.6 is 0 Å². The maximum atomic E-state index is 13.5. The van der Waals surface area contributed by atoms with E-state index in [0.717, 1.165) is 18.4 Å². The SMILES string of the molecule is CC(C)C1CCC2(C)CCC3C(=CC=C(CNc4ccc5c(C(F)(F)F)cc(=O)oc5c4)CC3O[C@@H]3OCC(O)CC3O)C12. The fraction of sp³-hybridized carbons (Fsp3) is 0.618. The fourth-order valence-electron chi connectivity index (χ4n) is 8.25. The van der Waals surface area contributed by atoms with Crippen LogP contribution in [0.2, 0.25) is 0 Å². The lowest BCUT2D eigenvalue weighted by Gasteiger charge is -2.47. The van der Waals surface area contributed by atoms with Crippen LogP contribution in [-0.4, -0.2) is 48.0 Å². The van der Waals surface area contributed by atoms with Crippen molar-refractivity contribution in [3.8, 4) is 0 Å². The van der Waals surface area contributed by atoms with Crippen LogP contribution in [-0.2, 0) is 15.7 Å². The van der Waals surface area contributed by atoms with Gasteiger partial charge in [-0.2, -0.15) is 13.2 Å². The van der Waals surface area contributed by atoms with Crippen molar-refractivity contribution >= 4 is 16.7 Å². The Balaban J connectivity index is 1.29. The summed E-state index contributed by atoms with van der Waals surface area (Å²) >= 11 is 0. The predicted octanol–water partition coefficient (Wildman–Crippen LogP) is 6.43. The molecular formula is C34H42F3NO6. The molecule has 0 bridgehead atoms. The molecule has 1 aromatic heterocycles. The monoisotopic (exact) mass is 617 g/mol. The van der Waals surface area contributed by atoms with Gasteiger partial charge in [0.05, 0.1) is 24.4 Å². The normalized spacial score (nSPS) is 34.2. The number of rotatable bonds is 6. The topological polar surface area (TPSA) is 101 Å². The van der Waals surface area contributed by atoms with Crippen LogP contribution in [0.25, 0.3) is 11.0 Å². The highest BCUT2D eigenvalue weighted by molar-refractivity contribution is 5.84. The number of halogens is 3. The lowest BCUT2D eigenvalue weighted by Crippen LogP contribution is -2.47. The van der Waals surface area contributed by atoms with Gasteiger partial charge in [-0.25, -0.2) is 4.79 Å². The maximum absolute atomic E-state index is 13.5. The number of hydrogen-bond acceptors (Lipinski definition) is 7. The van der Waals surface area contributed by atoms with Crippen LogP contribution in [0.15, 0.2) is 56.8 Å². The highest BCUT2D eigenvalue weighted by atomic mass is 19.4. The van der Waals surface area contributed by atoms with Gasteiger partial charge in [-0.3, -0.25) is 0 Å². The third-order valence-corrected chi connectivity index (χ3v) is 10.5. The molecule has 1 saturated heterocycles. The van der Waals surface area contributed by atoms with E-state index in [1.54, 1.807) is 6.07 Å². The molecule has 3 N–H and O–H groups in total. The van der Waals surface area contributed by atoms with Gasteiger partial charge in [-0.15, -0.1) is 0 Å². The first-order valence-corrected chi connectivity index (χ1v) is 15.7. The standard InChI is InChI=1S/C34H42F3NO6/c1-18(2)22-8-10-33(3)11-9-23-24(31(22)33)6-4-19(12-28(23)44-32-27(40)14-21(39)17-42-32)16-38-20-5-7-25-26(34(35,36)37)15-30(41)43-29(25)13-20/h4-7,13,15,18,21-23,27-28,31-32,38-40H,8-12,14,16-17H2,1-3H3/t21?,22?,23?,27?,28?,31?,32-,33?/m0/s1. The molecule has 2 heterocycles. The predicted molar refractivity (Wildman–Crippen MR) is 160 cm³/mol. The molecule has 1 aliphatic heterocycles. The Morgan fingerprint density at radius 1 is 1.14 bits per heavy atom. The average molecular weight is 618 g/mol. The minimum atomic E-state index is -4.68. The van der Waals surface area contributed by atoms with Gasteiger partial charge < -0.3 is 29.4 Å². The molecule has 10 heteroatoms. The number of fused-ring (bicyclic) bond motifs is 4.